The van der Waals surface area contributed by atoms with Crippen LogP contribution < -0.4 is 0 Å². The van der Waals surface area contributed by atoms with Crippen LogP contribution in [0.15, 0.2) is 46.9 Å². The molecule has 1 heterocycles. The van der Waals surface area contributed by atoms with E-state index in [-0.39, 0.29) is 18.8 Å². The van der Waals surface area contributed by atoms with E-state index in [9.17, 15) is 10.2 Å². The van der Waals surface area contributed by atoms with E-state index in [2.05, 4.69) is 53.2 Å². The molecule has 3 atom stereocenters. The summed E-state index contributed by atoms with van der Waals surface area (Å²) < 4.78 is 7.02. The van der Waals surface area contributed by atoms with Crippen LogP contribution in [0.25, 0.3) is 0 Å². The van der Waals surface area contributed by atoms with Gasteiger partial charge in [-0.1, -0.05) is 59.3 Å². The Bertz CT molecular complexity index is 702. The lowest BCUT2D eigenvalue weighted by molar-refractivity contribution is -0.113. The lowest BCUT2D eigenvalue weighted by Gasteiger charge is -2.32. The first-order valence-electron chi connectivity index (χ1n) is 9.34. The van der Waals surface area contributed by atoms with Crippen LogP contribution in [0.5, 0.6) is 0 Å². The van der Waals surface area contributed by atoms with E-state index in [4.69, 9.17) is 9.84 Å². The fourth-order valence-electron chi connectivity index (χ4n) is 3.37. The van der Waals surface area contributed by atoms with Crippen LogP contribution in [0.4, 0.5) is 0 Å². The molecule has 0 aliphatic carbocycles. The molecule has 2 aromatic carbocycles. The van der Waals surface area contributed by atoms with Gasteiger partial charge in [-0.25, -0.2) is 0 Å². The second-order valence-electron chi connectivity index (χ2n) is 6.75. The molecular formula is C22H29BrO4. The zero-order chi connectivity index (χ0) is 19.8. The number of rotatable bonds is 5. The molecule has 1 aliphatic heterocycles. The Morgan fingerprint density at radius 3 is 2.33 bits per heavy atom. The van der Waals surface area contributed by atoms with Crippen LogP contribution in [0.3, 0.4) is 0 Å². The summed E-state index contributed by atoms with van der Waals surface area (Å²) in [5.41, 5.74) is 4.87. The van der Waals surface area contributed by atoms with Crippen molar-refractivity contribution >= 4 is 15.9 Å². The number of aryl methyl sites for hydroxylation is 1. The Morgan fingerprint density at radius 2 is 1.70 bits per heavy atom. The number of hydrogen-bond acceptors (Lipinski definition) is 4. The predicted molar refractivity (Wildman–Crippen MR) is 111 cm³/mol. The molecule has 3 unspecified atom stereocenters. The van der Waals surface area contributed by atoms with Crippen LogP contribution >= 0.6 is 15.9 Å². The third-order valence-corrected chi connectivity index (χ3v) is 5.62. The molecule has 1 saturated heterocycles. The number of ether oxygens (including phenoxy) is 1. The Labute approximate surface area is 170 Å². The van der Waals surface area contributed by atoms with E-state index in [0.29, 0.717) is 12.8 Å². The van der Waals surface area contributed by atoms with Gasteiger partial charge in [-0.05, 0) is 41.2 Å². The van der Waals surface area contributed by atoms with Crippen LogP contribution in [-0.2, 0) is 17.6 Å². The molecule has 0 aromatic heterocycles. The van der Waals surface area contributed by atoms with Crippen molar-refractivity contribution in [1.29, 1.82) is 0 Å². The highest BCUT2D eigenvalue weighted by Gasteiger charge is 2.29. The summed E-state index contributed by atoms with van der Waals surface area (Å²) in [5, 5.41) is 26.4. The van der Waals surface area contributed by atoms with Crippen molar-refractivity contribution in [3.05, 3.63) is 69.2 Å². The van der Waals surface area contributed by atoms with Crippen LogP contribution in [0.2, 0.25) is 0 Å². The smallest absolute Gasteiger partial charge is 0.0854 e. The standard InChI is InChI=1S/C21H25BrO3.CH4O/c1-2-14-3-5-15(6-4-14)9-17-10-16(7-8-20(17)22)21-12-18(24)11-19(13-23)25-21;1-2/h3-8,10,18-19,21,23-24H,2,9,11-13H2,1H3;2H,1H3. The minimum Gasteiger partial charge on any atom is -0.400 e. The molecule has 1 aliphatic rings. The van der Waals surface area contributed by atoms with Gasteiger partial charge in [0.2, 0.25) is 0 Å². The fraction of sp³-hybridized carbons (Fsp3) is 0.455. The first kappa shape index (κ1) is 22.1. The minimum atomic E-state index is -0.426. The second-order valence-corrected chi connectivity index (χ2v) is 7.61. The van der Waals surface area contributed by atoms with Crippen molar-refractivity contribution in [3.8, 4) is 0 Å². The molecule has 5 heteroatoms. The summed E-state index contributed by atoms with van der Waals surface area (Å²) in [6.45, 7) is 2.11. The molecule has 0 spiro atoms. The molecule has 0 saturated carbocycles. The number of hydrogen-bond donors (Lipinski definition) is 3. The zero-order valence-corrected chi connectivity index (χ0v) is 17.5. The summed E-state index contributed by atoms with van der Waals surface area (Å²) in [5.74, 6) is 0. The normalized spacial score (nSPS) is 22.1. The van der Waals surface area contributed by atoms with Crippen LogP contribution in [0, 0.1) is 0 Å². The monoisotopic (exact) mass is 436 g/mol. The van der Waals surface area contributed by atoms with Crippen molar-refractivity contribution in [3.63, 3.8) is 0 Å². The lowest BCUT2D eigenvalue weighted by atomic mass is 9.94. The van der Waals surface area contributed by atoms with E-state index in [1.165, 1.54) is 16.7 Å². The summed E-state index contributed by atoms with van der Waals surface area (Å²) in [7, 11) is 1.00. The molecule has 0 radical (unpaired) electrons. The van der Waals surface area contributed by atoms with Gasteiger partial charge in [0.1, 0.15) is 0 Å². The maximum Gasteiger partial charge on any atom is 0.0854 e. The number of halogens is 1. The van der Waals surface area contributed by atoms with Gasteiger partial charge >= 0.3 is 0 Å². The van der Waals surface area contributed by atoms with Crippen molar-refractivity contribution in [2.45, 2.75) is 50.9 Å². The van der Waals surface area contributed by atoms with Crippen LogP contribution in [-0.4, -0.2) is 41.2 Å². The first-order chi connectivity index (χ1) is 13.1. The number of aliphatic hydroxyl groups excluding tert-OH is 3. The summed E-state index contributed by atoms with van der Waals surface area (Å²) in [4.78, 5) is 0. The number of aliphatic hydroxyl groups is 3. The molecule has 3 N–H and O–H groups in total. The van der Waals surface area contributed by atoms with Crippen molar-refractivity contribution in [1.82, 2.24) is 0 Å². The van der Waals surface area contributed by atoms with Gasteiger partial charge in [-0.15, -0.1) is 0 Å². The molecule has 27 heavy (non-hydrogen) atoms. The topological polar surface area (TPSA) is 69.9 Å². The van der Waals surface area contributed by atoms with Gasteiger partial charge in [-0.2, -0.15) is 0 Å². The molecule has 4 nitrogen and oxygen atoms in total. The van der Waals surface area contributed by atoms with Gasteiger partial charge in [0.25, 0.3) is 0 Å². The predicted octanol–water partition coefficient (Wildman–Crippen LogP) is 3.78. The third-order valence-electron chi connectivity index (χ3n) is 4.85. The Morgan fingerprint density at radius 1 is 1.04 bits per heavy atom. The summed E-state index contributed by atoms with van der Waals surface area (Å²) >= 11 is 3.65. The molecule has 3 rings (SSSR count). The fourth-order valence-corrected chi connectivity index (χ4v) is 3.75. The average Bonchev–Trinajstić information content (AvgIpc) is 2.71. The highest BCUT2D eigenvalue weighted by atomic mass is 79.9. The maximum absolute atomic E-state index is 10.1. The van der Waals surface area contributed by atoms with Gasteiger partial charge < -0.3 is 20.1 Å². The Balaban J connectivity index is 0.00000126. The van der Waals surface area contributed by atoms with Crippen molar-refractivity contribution < 1.29 is 20.1 Å². The molecule has 0 amide bonds. The number of benzene rings is 2. The van der Waals surface area contributed by atoms with Gasteiger partial charge in [-0.3, -0.25) is 0 Å². The average molecular weight is 437 g/mol. The third kappa shape index (κ3) is 6.13. The van der Waals surface area contributed by atoms with Crippen LogP contribution in [0.1, 0.15) is 48.1 Å². The maximum atomic E-state index is 10.1. The molecule has 0 bridgehead atoms. The second kappa shape index (κ2) is 10.9. The van der Waals surface area contributed by atoms with Crippen molar-refractivity contribution in [2.24, 2.45) is 0 Å². The minimum absolute atomic E-state index is 0.0548. The Kier molecular flexibility index (Phi) is 8.93. The van der Waals surface area contributed by atoms with Crippen molar-refractivity contribution in [2.75, 3.05) is 13.7 Å². The lowest BCUT2D eigenvalue weighted by Crippen LogP contribution is -2.33. The Hall–Kier alpha value is -1.24. The largest absolute Gasteiger partial charge is 0.400 e. The molecule has 148 valence electrons. The SMILES string of the molecule is CCc1ccc(Cc2cc(C3CC(O)CC(CO)O3)ccc2Br)cc1.CO. The first-order valence-corrected chi connectivity index (χ1v) is 10.1. The molecule has 1 fully saturated rings. The highest BCUT2D eigenvalue weighted by molar-refractivity contribution is 9.10. The van der Waals surface area contributed by atoms with Gasteiger partial charge in [0.05, 0.1) is 24.9 Å². The quantitative estimate of drug-likeness (QED) is 0.666. The molecule has 2 aromatic rings. The van der Waals surface area contributed by atoms with E-state index in [1.807, 2.05) is 12.1 Å². The summed E-state index contributed by atoms with van der Waals surface area (Å²) in [6.07, 6.45) is 2.08. The van der Waals surface area contributed by atoms with Gasteiger partial charge in [0, 0.05) is 24.4 Å². The van der Waals surface area contributed by atoms with Gasteiger partial charge in [0.15, 0.2) is 0 Å². The van der Waals surface area contributed by atoms with E-state index in [1.54, 1.807) is 0 Å². The summed E-state index contributed by atoms with van der Waals surface area (Å²) in [6, 6.07) is 14.9. The molecular weight excluding hydrogens is 408 g/mol. The highest BCUT2D eigenvalue weighted by Crippen LogP contribution is 2.33. The van der Waals surface area contributed by atoms with E-state index in [0.717, 1.165) is 30.0 Å². The van der Waals surface area contributed by atoms with E-state index >= 15 is 0 Å². The van der Waals surface area contributed by atoms with E-state index < -0.39 is 6.10 Å². The zero-order valence-electron chi connectivity index (χ0n) is 15.9.